The van der Waals surface area contributed by atoms with Gasteiger partial charge in [0, 0.05) is 12.1 Å². The van der Waals surface area contributed by atoms with Crippen LogP contribution in [0.3, 0.4) is 0 Å². The summed E-state index contributed by atoms with van der Waals surface area (Å²) in [7, 11) is 0. The lowest BCUT2D eigenvalue weighted by Gasteiger charge is -2.11. The molecule has 9 heteroatoms. The molecule has 7 nitrogen and oxygen atoms in total. The number of nitrogens with zero attached hydrogens (tertiary/aromatic N) is 2. The largest absolute Gasteiger partial charge is 0.333 e. The van der Waals surface area contributed by atoms with Crippen LogP contribution in [-0.4, -0.2) is 26.0 Å². The number of nitrogens with one attached hydrogen (secondary N) is 2. The van der Waals surface area contributed by atoms with E-state index >= 15 is 0 Å². The van der Waals surface area contributed by atoms with E-state index in [1.54, 1.807) is 6.92 Å². The van der Waals surface area contributed by atoms with Crippen molar-refractivity contribution in [2.45, 2.75) is 17.3 Å². The molecular formula is C16H13ClN4O3S. The van der Waals surface area contributed by atoms with Gasteiger partial charge in [-0.05, 0) is 25.1 Å². The first-order chi connectivity index (χ1) is 11.9. The van der Waals surface area contributed by atoms with E-state index in [1.165, 1.54) is 30.0 Å². The maximum atomic E-state index is 12.4. The molecule has 0 bridgehead atoms. The number of aromatic amines is 1. The minimum atomic E-state index is -0.543. The van der Waals surface area contributed by atoms with Gasteiger partial charge in [-0.1, -0.05) is 35.5 Å². The SMILES string of the molecule is CC(Sc1nc2ccccc2[nH]1)C(=O)Nc1cc([N+](=O)[O-])ccc1Cl. The van der Waals surface area contributed by atoms with Gasteiger partial charge in [-0.15, -0.1) is 0 Å². The van der Waals surface area contributed by atoms with Crippen LogP contribution in [0.25, 0.3) is 11.0 Å². The molecule has 2 aromatic carbocycles. The van der Waals surface area contributed by atoms with Gasteiger partial charge in [-0.3, -0.25) is 14.9 Å². The van der Waals surface area contributed by atoms with Crippen molar-refractivity contribution in [2.75, 3.05) is 5.32 Å². The zero-order chi connectivity index (χ0) is 18.0. The molecule has 1 heterocycles. The van der Waals surface area contributed by atoms with E-state index in [-0.39, 0.29) is 22.3 Å². The molecule has 0 fully saturated rings. The second-order valence-corrected chi connectivity index (χ2v) is 6.97. The van der Waals surface area contributed by atoms with Crippen LogP contribution in [0.15, 0.2) is 47.6 Å². The Hall–Kier alpha value is -2.58. The quantitative estimate of drug-likeness (QED) is 0.394. The Kier molecular flexibility index (Phi) is 4.91. The highest BCUT2D eigenvalue weighted by Gasteiger charge is 2.19. The Morgan fingerprint density at radius 3 is 2.84 bits per heavy atom. The van der Waals surface area contributed by atoms with Gasteiger partial charge in [-0.25, -0.2) is 4.98 Å². The van der Waals surface area contributed by atoms with Crippen molar-refractivity contribution in [1.29, 1.82) is 0 Å². The van der Waals surface area contributed by atoms with Crippen LogP contribution in [0.1, 0.15) is 6.92 Å². The number of rotatable bonds is 5. The fourth-order valence-corrected chi connectivity index (χ4v) is 3.15. The van der Waals surface area contributed by atoms with Crippen molar-refractivity contribution in [2.24, 2.45) is 0 Å². The summed E-state index contributed by atoms with van der Waals surface area (Å²) in [5.41, 5.74) is 1.77. The summed E-state index contributed by atoms with van der Waals surface area (Å²) in [5.74, 6) is -0.326. The van der Waals surface area contributed by atoms with Crippen LogP contribution in [-0.2, 0) is 4.79 Å². The molecule has 0 aliphatic heterocycles. The van der Waals surface area contributed by atoms with Gasteiger partial charge < -0.3 is 10.3 Å². The molecule has 1 unspecified atom stereocenters. The first-order valence-electron chi connectivity index (χ1n) is 7.30. The van der Waals surface area contributed by atoms with Gasteiger partial charge in [0.25, 0.3) is 5.69 Å². The number of thioether (sulfide) groups is 1. The monoisotopic (exact) mass is 376 g/mol. The number of imidazole rings is 1. The van der Waals surface area contributed by atoms with E-state index < -0.39 is 10.2 Å². The van der Waals surface area contributed by atoms with Gasteiger partial charge in [0.2, 0.25) is 5.91 Å². The lowest BCUT2D eigenvalue weighted by Crippen LogP contribution is -2.22. The molecule has 0 saturated carbocycles. The lowest BCUT2D eigenvalue weighted by molar-refractivity contribution is -0.384. The van der Waals surface area contributed by atoms with E-state index in [0.29, 0.717) is 5.16 Å². The molecule has 0 aliphatic rings. The number of non-ortho nitro benzene ring substituents is 1. The molecule has 0 aliphatic carbocycles. The lowest BCUT2D eigenvalue weighted by atomic mass is 10.2. The topological polar surface area (TPSA) is 101 Å². The molecule has 3 aromatic rings. The number of aromatic nitrogens is 2. The maximum Gasteiger partial charge on any atom is 0.271 e. The Balaban J connectivity index is 1.72. The van der Waals surface area contributed by atoms with Crippen LogP contribution in [0.2, 0.25) is 5.02 Å². The molecule has 2 N–H and O–H groups in total. The number of carbonyl (C=O) groups is 1. The second-order valence-electron chi connectivity index (χ2n) is 5.23. The molecule has 3 rings (SSSR count). The van der Waals surface area contributed by atoms with Gasteiger partial charge >= 0.3 is 0 Å². The second kappa shape index (κ2) is 7.12. The Morgan fingerprint density at radius 1 is 1.36 bits per heavy atom. The number of H-pyrrole nitrogens is 1. The number of amides is 1. The fraction of sp³-hybridized carbons (Fsp3) is 0.125. The van der Waals surface area contributed by atoms with Crippen LogP contribution in [0, 0.1) is 10.1 Å². The number of hydrogen-bond acceptors (Lipinski definition) is 5. The van der Waals surface area contributed by atoms with E-state index in [4.69, 9.17) is 11.6 Å². The number of fused-ring (bicyclic) bond motifs is 1. The molecule has 0 saturated heterocycles. The highest BCUT2D eigenvalue weighted by Crippen LogP contribution is 2.29. The summed E-state index contributed by atoms with van der Waals surface area (Å²) < 4.78 is 0. The molecule has 1 amide bonds. The number of carbonyl (C=O) groups excluding carboxylic acids is 1. The maximum absolute atomic E-state index is 12.4. The van der Waals surface area contributed by atoms with Crippen LogP contribution < -0.4 is 5.32 Å². The third-order valence-electron chi connectivity index (χ3n) is 3.44. The van der Waals surface area contributed by atoms with E-state index in [9.17, 15) is 14.9 Å². The zero-order valence-electron chi connectivity index (χ0n) is 13.0. The van der Waals surface area contributed by atoms with Crippen molar-refractivity contribution < 1.29 is 9.72 Å². The Labute approximate surface area is 151 Å². The summed E-state index contributed by atoms with van der Waals surface area (Å²) in [4.78, 5) is 30.2. The number of anilines is 1. The average molecular weight is 377 g/mol. The third-order valence-corrected chi connectivity index (χ3v) is 4.76. The van der Waals surface area contributed by atoms with Crippen molar-refractivity contribution in [3.05, 3.63) is 57.6 Å². The number of halogens is 1. The van der Waals surface area contributed by atoms with Crippen molar-refractivity contribution in [3.63, 3.8) is 0 Å². The van der Waals surface area contributed by atoms with Crippen LogP contribution in [0.5, 0.6) is 0 Å². The zero-order valence-corrected chi connectivity index (χ0v) is 14.6. The van der Waals surface area contributed by atoms with E-state index in [0.717, 1.165) is 11.0 Å². The van der Waals surface area contributed by atoms with Gasteiger partial charge in [-0.2, -0.15) is 0 Å². The summed E-state index contributed by atoms with van der Waals surface area (Å²) in [5, 5.41) is 13.8. The number of nitro groups is 1. The van der Waals surface area contributed by atoms with Crippen molar-refractivity contribution >= 4 is 51.7 Å². The number of para-hydroxylation sites is 2. The van der Waals surface area contributed by atoms with Crippen LogP contribution >= 0.6 is 23.4 Å². The fourth-order valence-electron chi connectivity index (χ4n) is 2.16. The van der Waals surface area contributed by atoms with Gasteiger partial charge in [0.15, 0.2) is 5.16 Å². The molecular weight excluding hydrogens is 364 g/mol. The van der Waals surface area contributed by atoms with Gasteiger partial charge in [0.05, 0.1) is 31.9 Å². The summed E-state index contributed by atoms with van der Waals surface area (Å²) in [6.45, 7) is 1.72. The predicted molar refractivity (Wildman–Crippen MR) is 98.1 cm³/mol. The van der Waals surface area contributed by atoms with Crippen molar-refractivity contribution in [3.8, 4) is 0 Å². The molecule has 0 spiro atoms. The number of hydrogen-bond donors (Lipinski definition) is 2. The predicted octanol–water partition coefficient (Wildman–Crippen LogP) is 4.24. The minimum absolute atomic E-state index is 0.141. The molecule has 25 heavy (non-hydrogen) atoms. The summed E-state index contributed by atoms with van der Waals surface area (Å²) in [6, 6.07) is 11.5. The van der Waals surface area contributed by atoms with E-state index in [2.05, 4.69) is 15.3 Å². The molecule has 1 atom stereocenters. The first kappa shape index (κ1) is 17.2. The minimum Gasteiger partial charge on any atom is -0.333 e. The smallest absolute Gasteiger partial charge is 0.271 e. The van der Waals surface area contributed by atoms with E-state index in [1.807, 2.05) is 24.3 Å². The Morgan fingerprint density at radius 2 is 2.12 bits per heavy atom. The molecule has 1 aromatic heterocycles. The normalized spacial score (nSPS) is 12.1. The third kappa shape index (κ3) is 3.92. The number of benzene rings is 2. The Bertz CT molecular complexity index is 926. The summed E-state index contributed by atoms with van der Waals surface area (Å²) >= 11 is 7.26. The average Bonchev–Trinajstić information content (AvgIpc) is 2.98. The highest BCUT2D eigenvalue weighted by molar-refractivity contribution is 8.00. The first-order valence-corrected chi connectivity index (χ1v) is 8.56. The van der Waals surface area contributed by atoms with Crippen LogP contribution in [0.4, 0.5) is 11.4 Å². The standard InChI is InChI=1S/C16H13ClN4O3S/c1-9(25-16-19-12-4-2-3-5-13(12)20-16)15(22)18-14-8-10(21(23)24)6-7-11(14)17/h2-9H,1H3,(H,18,22)(H,19,20). The highest BCUT2D eigenvalue weighted by atomic mass is 35.5. The number of nitro benzene ring substituents is 1. The van der Waals surface area contributed by atoms with Crippen molar-refractivity contribution in [1.82, 2.24) is 9.97 Å². The summed E-state index contributed by atoms with van der Waals surface area (Å²) in [6.07, 6.45) is 0. The van der Waals surface area contributed by atoms with Gasteiger partial charge in [0.1, 0.15) is 0 Å². The molecule has 0 radical (unpaired) electrons. The molecule has 128 valence electrons.